The fourth-order valence-electron chi connectivity index (χ4n) is 5.25. The molecule has 12 heteroatoms. The number of carbonyl (C=O) groups excluding carboxylic acids is 3. The third kappa shape index (κ3) is 4.39. The Morgan fingerprint density at radius 1 is 0.854 bits per heavy atom. The minimum atomic E-state index is -1.38. The minimum absolute atomic E-state index is 0.0309. The van der Waals surface area contributed by atoms with E-state index in [1.165, 1.54) is 36.4 Å². The molecule has 6 rings (SSSR count). The van der Waals surface area contributed by atoms with Crippen molar-refractivity contribution in [1.29, 1.82) is 0 Å². The molecule has 210 valence electrons. The Morgan fingerprint density at radius 3 is 1.88 bits per heavy atom. The number of benzene rings is 3. The molecule has 41 heavy (non-hydrogen) atoms. The largest absolute Gasteiger partial charge is 0.508 e. The van der Waals surface area contributed by atoms with Crippen LogP contribution in [0.3, 0.4) is 0 Å². The summed E-state index contributed by atoms with van der Waals surface area (Å²) in [4.78, 5) is 57.8. The number of likely N-dealkylation sites (tertiary alicyclic amines) is 1. The molecule has 3 heterocycles. The summed E-state index contributed by atoms with van der Waals surface area (Å²) >= 11 is 0. The standard InChI is InChI=1S/C21H12O7.C8H11NO4/c22-11-2-5-15-17(8-11)27-18-9-12(23)3-6-16(18)21(15)14-4-1-10(19(24)25)7-13(14)20(26)28-21;1-2-5(8(12)13)9-6(10)3-4-7(9)11/h1-9,22-23H,(H,24,25);5H,2-4H2,1H3,(H,12,13). The Labute approximate surface area is 232 Å². The maximum atomic E-state index is 12.7. The summed E-state index contributed by atoms with van der Waals surface area (Å²) in [5.41, 5.74) is 0.159. The second-order valence-electron chi connectivity index (χ2n) is 9.52. The number of aromatic carboxylic acids is 1. The van der Waals surface area contributed by atoms with Gasteiger partial charge in [-0.15, -0.1) is 0 Å². The lowest BCUT2D eigenvalue weighted by molar-refractivity contribution is -0.154. The number of carbonyl (C=O) groups is 5. The number of phenols is 2. The van der Waals surface area contributed by atoms with Crippen LogP contribution in [0.25, 0.3) is 0 Å². The molecule has 0 radical (unpaired) electrons. The van der Waals surface area contributed by atoms with Crippen LogP contribution in [-0.2, 0) is 24.7 Å². The van der Waals surface area contributed by atoms with Gasteiger partial charge in [0.1, 0.15) is 29.0 Å². The van der Waals surface area contributed by atoms with Gasteiger partial charge in [-0.3, -0.25) is 14.5 Å². The van der Waals surface area contributed by atoms with Crippen molar-refractivity contribution in [1.82, 2.24) is 4.90 Å². The maximum Gasteiger partial charge on any atom is 0.340 e. The molecular formula is C29H23NO11. The highest BCUT2D eigenvalue weighted by Crippen LogP contribution is 2.57. The minimum Gasteiger partial charge on any atom is -0.508 e. The molecule has 1 saturated heterocycles. The Bertz CT molecular complexity index is 1580. The van der Waals surface area contributed by atoms with Crippen LogP contribution in [0.15, 0.2) is 54.6 Å². The van der Waals surface area contributed by atoms with E-state index in [0.29, 0.717) is 16.7 Å². The maximum absolute atomic E-state index is 12.7. The number of phenolic OH excluding ortho intramolecular Hbond substituents is 2. The van der Waals surface area contributed by atoms with Crippen molar-refractivity contribution in [3.63, 3.8) is 0 Å². The van der Waals surface area contributed by atoms with Crippen LogP contribution in [-0.4, -0.2) is 61.1 Å². The van der Waals surface area contributed by atoms with Gasteiger partial charge in [0, 0.05) is 41.7 Å². The topological polar surface area (TPSA) is 188 Å². The van der Waals surface area contributed by atoms with Gasteiger partial charge in [-0.2, -0.15) is 0 Å². The molecule has 1 atom stereocenters. The Balaban J connectivity index is 0.000000219. The number of carboxylic acid groups (broad SMARTS) is 2. The molecule has 0 saturated carbocycles. The molecule has 1 unspecified atom stereocenters. The van der Waals surface area contributed by atoms with Gasteiger partial charge in [0.05, 0.1) is 11.1 Å². The first-order chi connectivity index (χ1) is 19.5. The summed E-state index contributed by atoms with van der Waals surface area (Å²) < 4.78 is 11.7. The monoisotopic (exact) mass is 561 g/mol. The first kappa shape index (κ1) is 27.2. The van der Waals surface area contributed by atoms with E-state index in [9.17, 15) is 39.3 Å². The third-order valence-corrected chi connectivity index (χ3v) is 7.09. The highest BCUT2D eigenvalue weighted by Gasteiger charge is 2.53. The van der Waals surface area contributed by atoms with Crippen LogP contribution >= 0.6 is 0 Å². The molecule has 0 aliphatic carbocycles. The van der Waals surface area contributed by atoms with Crippen molar-refractivity contribution in [2.75, 3.05) is 0 Å². The predicted molar refractivity (Wildman–Crippen MR) is 138 cm³/mol. The Kier molecular flexibility index (Phi) is 6.61. The molecule has 1 spiro atoms. The lowest BCUT2D eigenvalue weighted by Gasteiger charge is -2.36. The molecule has 0 aromatic heterocycles. The van der Waals surface area contributed by atoms with Crippen molar-refractivity contribution < 1.29 is 53.9 Å². The van der Waals surface area contributed by atoms with Crippen LogP contribution in [0.4, 0.5) is 0 Å². The molecule has 3 aliphatic heterocycles. The van der Waals surface area contributed by atoms with E-state index in [0.717, 1.165) is 4.90 Å². The van der Waals surface area contributed by atoms with Crippen molar-refractivity contribution in [2.24, 2.45) is 0 Å². The number of carboxylic acids is 2. The highest BCUT2D eigenvalue weighted by molar-refractivity contribution is 6.05. The summed E-state index contributed by atoms with van der Waals surface area (Å²) in [6, 6.07) is 12.1. The number of imide groups is 1. The van der Waals surface area contributed by atoms with Gasteiger partial charge >= 0.3 is 17.9 Å². The van der Waals surface area contributed by atoms with E-state index < -0.39 is 29.6 Å². The van der Waals surface area contributed by atoms with Crippen LogP contribution in [0.1, 0.15) is 63.6 Å². The van der Waals surface area contributed by atoms with Gasteiger partial charge in [0.25, 0.3) is 0 Å². The number of amides is 2. The van der Waals surface area contributed by atoms with E-state index in [-0.39, 0.29) is 65.2 Å². The number of esters is 1. The number of ether oxygens (including phenoxy) is 2. The summed E-state index contributed by atoms with van der Waals surface area (Å²) in [6.07, 6.45) is 0.540. The quantitative estimate of drug-likeness (QED) is 0.270. The zero-order valence-corrected chi connectivity index (χ0v) is 21.5. The Morgan fingerprint density at radius 2 is 1.39 bits per heavy atom. The van der Waals surface area contributed by atoms with Crippen LogP contribution in [0, 0.1) is 0 Å². The first-order valence-corrected chi connectivity index (χ1v) is 12.5. The normalized spacial score (nSPS) is 16.5. The molecule has 0 bridgehead atoms. The van der Waals surface area contributed by atoms with E-state index in [2.05, 4.69) is 0 Å². The average Bonchev–Trinajstić information content (AvgIpc) is 3.40. The molecule has 3 aromatic carbocycles. The SMILES string of the molecule is CCC(C(=O)O)N1C(=O)CCC1=O.O=C(O)c1ccc2c(c1)C(=O)OC21c2ccc(O)cc2Oc2cc(O)ccc21. The molecular weight excluding hydrogens is 538 g/mol. The van der Waals surface area contributed by atoms with Gasteiger partial charge in [-0.25, -0.2) is 14.4 Å². The number of rotatable bonds is 4. The first-order valence-electron chi connectivity index (χ1n) is 12.5. The Hall–Kier alpha value is -5.39. The molecule has 1 fully saturated rings. The zero-order valence-electron chi connectivity index (χ0n) is 21.5. The molecule has 4 N–H and O–H groups in total. The van der Waals surface area contributed by atoms with Gasteiger partial charge in [0.15, 0.2) is 5.60 Å². The molecule has 3 aliphatic rings. The third-order valence-electron chi connectivity index (χ3n) is 7.09. The summed E-state index contributed by atoms with van der Waals surface area (Å²) in [6.45, 7) is 1.64. The fraction of sp³-hybridized carbons (Fsp3) is 0.207. The number of hydrogen-bond acceptors (Lipinski definition) is 9. The lowest BCUT2D eigenvalue weighted by atomic mass is 9.77. The summed E-state index contributed by atoms with van der Waals surface area (Å²) in [7, 11) is 0. The number of aliphatic carboxylic acids is 1. The van der Waals surface area contributed by atoms with Crippen molar-refractivity contribution in [3.8, 4) is 23.0 Å². The second-order valence-corrected chi connectivity index (χ2v) is 9.52. The fourth-order valence-corrected chi connectivity index (χ4v) is 5.25. The molecule has 3 aromatic rings. The molecule has 2 amide bonds. The van der Waals surface area contributed by atoms with Crippen LogP contribution < -0.4 is 4.74 Å². The number of aromatic hydroxyl groups is 2. The number of nitrogens with zero attached hydrogens (tertiary/aromatic N) is 1. The van der Waals surface area contributed by atoms with E-state index in [1.54, 1.807) is 25.1 Å². The van der Waals surface area contributed by atoms with Crippen LogP contribution in [0.5, 0.6) is 23.0 Å². The second kappa shape index (κ2) is 9.97. The molecule has 12 nitrogen and oxygen atoms in total. The average molecular weight is 561 g/mol. The van der Waals surface area contributed by atoms with Gasteiger partial charge in [-0.1, -0.05) is 13.0 Å². The zero-order chi connectivity index (χ0) is 29.6. The van der Waals surface area contributed by atoms with E-state index in [1.807, 2.05) is 0 Å². The van der Waals surface area contributed by atoms with Crippen LogP contribution in [0.2, 0.25) is 0 Å². The van der Waals surface area contributed by atoms with Crippen molar-refractivity contribution >= 4 is 29.7 Å². The smallest absolute Gasteiger partial charge is 0.340 e. The number of fused-ring (bicyclic) bond motifs is 6. The van der Waals surface area contributed by atoms with Gasteiger partial charge in [-0.05, 0) is 42.8 Å². The summed E-state index contributed by atoms with van der Waals surface area (Å²) in [5.74, 6) is -3.24. The highest BCUT2D eigenvalue weighted by atomic mass is 16.6. The predicted octanol–water partition coefficient (Wildman–Crippen LogP) is 3.36. The van der Waals surface area contributed by atoms with E-state index in [4.69, 9.17) is 14.6 Å². The lowest BCUT2D eigenvalue weighted by Crippen LogP contribution is -2.43. The summed E-state index contributed by atoms with van der Waals surface area (Å²) in [5, 5.41) is 37.7. The van der Waals surface area contributed by atoms with Gasteiger partial charge in [0.2, 0.25) is 11.8 Å². The van der Waals surface area contributed by atoms with Crippen molar-refractivity contribution in [2.45, 2.75) is 37.8 Å². The van der Waals surface area contributed by atoms with Gasteiger partial charge < -0.3 is 29.9 Å². The number of hydrogen-bond donors (Lipinski definition) is 4. The van der Waals surface area contributed by atoms with Crippen molar-refractivity contribution in [3.05, 3.63) is 82.4 Å². The van der Waals surface area contributed by atoms with E-state index >= 15 is 0 Å².